The number of rotatable bonds is 9. The maximum absolute atomic E-state index is 13.2. The van der Waals surface area contributed by atoms with E-state index in [0.29, 0.717) is 48.3 Å². The summed E-state index contributed by atoms with van der Waals surface area (Å²) >= 11 is 2.13. The molecule has 1 aliphatic rings. The molecular formula is C24H25IN2O6. The van der Waals surface area contributed by atoms with Gasteiger partial charge in [-0.15, -0.1) is 0 Å². The Bertz CT molecular complexity index is 1080. The first kappa shape index (κ1) is 24.6. The summed E-state index contributed by atoms with van der Waals surface area (Å²) in [5.74, 6) is 0.278. The molecule has 0 unspecified atom stereocenters. The van der Waals surface area contributed by atoms with Gasteiger partial charge in [-0.3, -0.25) is 14.9 Å². The van der Waals surface area contributed by atoms with Gasteiger partial charge >= 0.3 is 6.03 Å². The largest absolute Gasteiger partial charge is 0.494 e. The fraction of sp³-hybridized carbons (Fsp3) is 0.292. The van der Waals surface area contributed by atoms with Crippen molar-refractivity contribution in [3.8, 4) is 17.2 Å². The van der Waals surface area contributed by atoms with E-state index in [9.17, 15) is 14.4 Å². The highest BCUT2D eigenvalue weighted by molar-refractivity contribution is 14.1. The molecule has 1 heterocycles. The summed E-state index contributed by atoms with van der Waals surface area (Å²) < 4.78 is 17.7. The van der Waals surface area contributed by atoms with E-state index in [0.717, 1.165) is 14.9 Å². The van der Waals surface area contributed by atoms with Crippen LogP contribution in [0.4, 0.5) is 10.5 Å². The number of barbiturate groups is 1. The third-order valence-corrected chi connectivity index (χ3v) is 5.40. The molecule has 0 saturated carbocycles. The van der Waals surface area contributed by atoms with Crippen LogP contribution in [-0.4, -0.2) is 37.7 Å². The van der Waals surface area contributed by atoms with Gasteiger partial charge in [-0.1, -0.05) is 6.92 Å². The maximum atomic E-state index is 13.2. The van der Waals surface area contributed by atoms with Crippen molar-refractivity contribution in [3.05, 3.63) is 51.1 Å². The number of ether oxygens (including phenoxy) is 3. The normalized spacial score (nSPS) is 15.0. The molecular weight excluding hydrogens is 539 g/mol. The zero-order valence-electron chi connectivity index (χ0n) is 18.6. The number of hydrogen-bond acceptors (Lipinski definition) is 6. The molecule has 0 bridgehead atoms. The van der Waals surface area contributed by atoms with E-state index >= 15 is 0 Å². The standard InChI is InChI=1S/C24H25IN2O6/c1-4-11-33-21-19(25)13-15(14-20(21)32-6-3)12-18-22(28)26-24(30)27(23(18)29)16-7-9-17(10-8-16)31-5-2/h7-10,12-14H,4-6,11H2,1-3H3,(H,26,28,30)/b18-12-. The third kappa shape index (κ3) is 5.65. The zero-order valence-corrected chi connectivity index (χ0v) is 20.8. The molecule has 174 valence electrons. The molecule has 0 aliphatic carbocycles. The van der Waals surface area contributed by atoms with Crippen molar-refractivity contribution < 1.29 is 28.6 Å². The molecule has 2 aromatic carbocycles. The van der Waals surface area contributed by atoms with Crippen molar-refractivity contribution in [2.24, 2.45) is 0 Å². The summed E-state index contributed by atoms with van der Waals surface area (Å²) in [7, 11) is 0. The SMILES string of the molecule is CCCOc1c(I)cc(/C=C2/C(=O)NC(=O)N(c3ccc(OCC)cc3)C2=O)cc1OCC. The van der Waals surface area contributed by atoms with Gasteiger partial charge in [0, 0.05) is 0 Å². The Balaban J connectivity index is 1.97. The molecule has 3 rings (SSSR count). The number of benzene rings is 2. The highest BCUT2D eigenvalue weighted by Crippen LogP contribution is 2.35. The second kappa shape index (κ2) is 11.2. The van der Waals surface area contributed by atoms with Crippen LogP contribution < -0.4 is 24.4 Å². The van der Waals surface area contributed by atoms with Crippen molar-refractivity contribution >= 4 is 52.2 Å². The van der Waals surface area contributed by atoms with E-state index in [4.69, 9.17) is 14.2 Å². The Morgan fingerprint density at radius 2 is 1.67 bits per heavy atom. The first-order valence-electron chi connectivity index (χ1n) is 10.6. The van der Waals surface area contributed by atoms with Gasteiger partial charge in [0.2, 0.25) is 0 Å². The van der Waals surface area contributed by atoms with E-state index in [-0.39, 0.29) is 5.57 Å². The average molecular weight is 564 g/mol. The lowest BCUT2D eigenvalue weighted by Crippen LogP contribution is -2.54. The molecule has 0 aromatic heterocycles. The van der Waals surface area contributed by atoms with Gasteiger partial charge in [0.15, 0.2) is 11.5 Å². The summed E-state index contributed by atoms with van der Waals surface area (Å²) in [4.78, 5) is 39.0. The summed E-state index contributed by atoms with van der Waals surface area (Å²) in [5.41, 5.74) is 0.738. The van der Waals surface area contributed by atoms with Gasteiger partial charge in [-0.05, 0) is 90.9 Å². The summed E-state index contributed by atoms with van der Waals surface area (Å²) in [6.45, 7) is 7.19. The van der Waals surface area contributed by atoms with Gasteiger partial charge in [0.05, 0.1) is 29.1 Å². The number of nitrogens with zero attached hydrogens (tertiary/aromatic N) is 1. The Hall–Kier alpha value is -3.08. The topological polar surface area (TPSA) is 94.2 Å². The molecule has 8 nitrogen and oxygen atoms in total. The van der Waals surface area contributed by atoms with Crippen LogP contribution in [0.2, 0.25) is 0 Å². The van der Waals surface area contributed by atoms with Crippen molar-refractivity contribution in [3.63, 3.8) is 0 Å². The average Bonchev–Trinajstić information content (AvgIpc) is 2.77. The van der Waals surface area contributed by atoms with Crippen LogP contribution in [0.5, 0.6) is 17.2 Å². The minimum absolute atomic E-state index is 0.163. The Morgan fingerprint density at radius 3 is 2.30 bits per heavy atom. The monoisotopic (exact) mass is 564 g/mol. The lowest BCUT2D eigenvalue weighted by atomic mass is 10.1. The lowest BCUT2D eigenvalue weighted by Gasteiger charge is -2.26. The van der Waals surface area contributed by atoms with E-state index < -0.39 is 17.8 Å². The fourth-order valence-corrected chi connectivity index (χ4v) is 3.98. The van der Waals surface area contributed by atoms with Gasteiger partial charge in [0.25, 0.3) is 11.8 Å². The molecule has 9 heteroatoms. The van der Waals surface area contributed by atoms with Crippen molar-refractivity contribution in [1.82, 2.24) is 5.32 Å². The molecule has 4 amide bonds. The third-order valence-electron chi connectivity index (χ3n) is 4.60. The number of carbonyl (C=O) groups excluding carboxylic acids is 3. The number of carbonyl (C=O) groups is 3. The van der Waals surface area contributed by atoms with Crippen LogP contribution in [0, 0.1) is 3.57 Å². The smallest absolute Gasteiger partial charge is 0.335 e. The zero-order chi connectivity index (χ0) is 24.0. The molecule has 1 saturated heterocycles. The van der Waals surface area contributed by atoms with Gasteiger partial charge < -0.3 is 14.2 Å². The van der Waals surface area contributed by atoms with Gasteiger partial charge in [-0.2, -0.15) is 0 Å². The van der Waals surface area contributed by atoms with Crippen LogP contribution in [0.25, 0.3) is 6.08 Å². The maximum Gasteiger partial charge on any atom is 0.335 e. The second-order valence-electron chi connectivity index (χ2n) is 7.00. The quantitative estimate of drug-likeness (QED) is 0.273. The van der Waals surface area contributed by atoms with E-state index in [2.05, 4.69) is 27.9 Å². The predicted octanol–water partition coefficient (Wildman–Crippen LogP) is 4.54. The van der Waals surface area contributed by atoms with E-state index in [1.165, 1.54) is 6.08 Å². The van der Waals surface area contributed by atoms with Crippen LogP contribution >= 0.6 is 22.6 Å². The number of amides is 4. The molecule has 1 N–H and O–H groups in total. The summed E-state index contributed by atoms with van der Waals surface area (Å²) in [6.07, 6.45) is 2.29. The molecule has 0 radical (unpaired) electrons. The molecule has 2 aromatic rings. The first-order chi connectivity index (χ1) is 15.9. The van der Waals surface area contributed by atoms with Gasteiger partial charge in [-0.25, -0.2) is 9.69 Å². The van der Waals surface area contributed by atoms with Gasteiger partial charge in [0.1, 0.15) is 11.3 Å². The summed E-state index contributed by atoms with van der Waals surface area (Å²) in [6, 6.07) is 9.19. The van der Waals surface area contributed by atoms with Crippen molar-refractivity contribution in [2.75, 3.05) is 24.7 Å². The number of halogens is 1. The number of urea groups is 1. The van der Waals surface area contributed by atoms with Crippen molar-refractivity contribution in [1.29, 1.82) is 0 Å². The Labute approximate surface area is 206 Å². The predicted molar refractivity (Wildman–Crippen MR) is 133 cm³/mol. The molecule has 0 spiro atoms. The molecule has 0 atom stereocenters. The molecule has 1 fully saturated rings. The number of nitrogens with one attached hydrogen (secondary N) is 1. The minimum Gasteiger partial charge on any atom is -0.494 e. The first-order valence-corrected chi connectivity index (χ1v) is 11.7. The molecule has 1 aliphatic heterocycles. The van der Waals surface area contributed by atoms with Crippen molar-refractivity contribution in [2.45, 2.75) is 27.2 Å². The molecule has 33 heavy (non-hydrogen) atoms. The Kier molecular flexibility index (Phi) is 8.32. The highest BCUT2D eigenvalue weighted by Gasteiger charge is 2.36. The number of imide groups is 2. The lowest BCUT2D eigenvalue weighted by molar-refractivity contribution is -0.122. The van der Waals surface area contributed by atoms with Crippen LogP contribution in [-0.2, 0) is 9.59 Å². The van der Waals surface area contributed by atoms with E-state index in [1.54, 1.807) is 36.4 Å². The second-order valence-corrected chi connectivity index (χ2v) is 8.16. The van der Waals surface area contributed by atoms with Crippen LogP contribution in [0.1, 0.15) is 32.8 Å². The highest BCUT2D eigenvalue weighted by atomic mass is 127. The fourth-order valence-electron chi connectivity index (χ4n) is 3.20. The van der Waals surface area contributed by atoms with E-state index in [1.807, 2.05) is 20.8 Å². The number of anilines is 1. The minimum atomic E-state index is -0.806. The Morgan fingerprint density at radius 1 is 0.970 bits per heavy atom. The van der Waals surface area contributed by atoms with Crippen LogP contribution in [0.15, 0.2) is 42.0 Å². The summed E-state index contributed by atoms with van der Waals surface area (Å²) in [5, 5.41) is 2.23. The van der Waals surface area contributed by atoms with Crippen LogP contribution in [0.3, 0.4) is 0 Å². The number of hydrogen-bond donors (Lipinski definition) is 1.